The number of nitrogens with one attached hydrogen (secondary N) is 1. The molecule has 1 heterocycles. The van der Waals surface area contributed by atoms with Crippen molar-refractivity contribution in [3.63, 3.8) is 0 Å². The first-order valence-corrected chi connectivity index (χ1v) is 7.04. The monoisotopic (exact) mass is 303 g/mol. The van der Waals surface area contributed by atoms with Gasteiger partial charge in [0, 0.05) is 10.9 Å². The Labute approximate surface area is 120 Å². The van der Waals surface area contributed by atoms with Gasteiger partial charge in [0.25, 0.3) is 0 Å². The van der Waals surface area contributed by atoms with Gasteiger partial charge >= 0.3 is 0 Å². The van der Waals surface area contributed by atoms with Crippen LogP contribution in [0.5, 0.6) is 0 Å². The zero-order chi connectivity index (χ0) is 13.1. The summed E-state index contributed by atoms with van der Waals surface area (Å²) in [5.74, 6) is -0.381. The van der Waals surface area contributed by atoms with E-state index in [1.54, 1.807) is 6.07 Å². The second-order valence-corrected chi connectivity index (χ2v) is 6.09. The van der Waals surface area contributed by atoms with Crippen LogP contribution in [0.1, 0.15) is 16.5 Å². The molecule has 1 unspecified atom stereocenters. The van der Waals surface area contributed by atoms with Gasteiger partial charge in [-0.25, -0.2) is 4.39 Å². The number of likely N-dealkylation sites (N-methyl/N-ethyl adjacent to an activating group) is 1. The van der Waals surface area contributed by atoms with Gasteiger partial charge in [0.2, 0.25) is 0 Å². The molecule has 0 amide bonds. The van der Waals surface area contributed by atoms with Gasteiger partial charge in [0.05, 0.1) is 9.36 Å². The molecule has 2 aromatic rings. The van der Waals surface area contributed by atoms with Crippen LogP contribution < -0.4 is 5.32 Å². The summed E-state index contributed by atoms with van der Waals surface area (Å²) in [6, 6.07) is 8.88. The van der Waals surface area contributed by atoms with Crippen molar-refractivity contribution >= 4 is 34.5 Å². The maximum atomic E-state index is 13.4. The molecule has 0 fully saturated rings. The maximum absolute atomic E-state index is 13.4. The van der Waals surface area contributed by atoms with Crippen molar-refractivity contribution in [1.82, 2.24) is 5.32 Å². The fourth-order valence-corrected chi connectivity index (χ4v) is 3.05. The van der Waals surface area contributed by atoms with Crippen LogP contribution >= 0.6 is 34.5 Å². The zero-order valence-electron chi connectivity index (χ0n) is 9.71. The van der Waals surface area contributed by atoms with Gasteiger partial charge in [-0.05, 0) is 43.3 Å². The highest BCUT2D eigenvalue weighted by Gasteiger charge is 2.13. The van der Waals surface area contributed by atoms with Crippen molar-refractivity contribution < 1.29 is 4.39 Å². The molecule has 0 aliphatic carbocycles. The van der Waals surface area contributed by atoms with E-state index in [1.165, 1.54) is 17.4 Å². The molecule has 1 aromatic heterocycles. The van der Waals surface area contributed by atoms with Gasteiger partial charge in [0.15, 0.2) is 0 Å². The standard InChI is InChI=1S/C13H12Cl2FNS/c1-17-11(12-4-5-13(15)18-12)7-8-2-3-9(14)10(16)6-8/h2-6,11,17H,7H2,1H3. The molecule has 2 rings (SSSR count). The van der Waals surface area contributed by atoms with Crippen LogP contribution in [0.2, 0.25) is 9.36 Å². The summed E-state index contributed by atoms with van der Waals surface area (Å²) < 4.78 is 14.1. The quantitative estimate of drug-likeness (QED) is 0.863. The molecule has 1 nitrogen and oxygen atoms in total. The molecule has 1 aromatic carbocycles. The van der Waals surface area contributed by atoms with Gasteiger partial charge in [-0.3, -0.25) is 0 Å². The molecule has 0 aliphatic rings. The first-order valence-electron chi connectivity index (χ1n) is 5.46. The minimum absolute atomic E-state index is 0.128. The van der Waals surface area contributed by atoms with E-state index < -0.39 is 0 Å². The van der Waals surface area contributed by atoms with Crippen molar-refractivity contribution in [3.05, 3.63) is 55.9 Å². The molecule has 0 aliphatic heterocycles. The van der Waals surface area contributed by atoms with Gasteiger partial charge in [0.1, 0.15) is 5.82 Å². The van der Waals surface area contributed by atoms with Crippen molar-refractivity contribution in [1.29, 1.82) is 0 Å². The van der Waals surface area contributed by atoms with E-state index in [9.17, 15) is 4.39 Å². The second-order valence-electron chi connectivity index (χ2n) is 3.94. The smallest absolute Gasteiger partial charge is 0.142 e. The normalized spacial score (nSPS) is 12.7. The van der Waals surface area contributed by atoms with Crippen LogP contribution in [0.15, 0.2) is 30.3 Å². The summed E-state index contributed by atoms with van der Waals surface area (Å²) in [7, 11) is 1.88. The average Bonchev–Trinajstić information content (AvgIpc) is 2.77. The molecule has 5 heteroatoms. The summed E-state index contributed by atoms with van der Waals surface area (Å²) in [6.45, 7) is 0. The van der Waals surface area contributed by atoms with Gasteiger partial charge in [-0.1, -0.05) is 29.3 Å². The Kier molecular flexibility index (Phi) is 4.62. The third-order valence-corrected chi connectivity index (χ3v) is 4.36. The first-order chi connectivity index (χ1) is 8.60. The lowest BCUT2D eigenvalue weighted by atomic mass is 10.0. The van der Waals surface area contributed by atoms with Crippen molar-refractivity contribution in [2.45, 2.75) is 12.5 Å². The molecule has 18 heavy (non-hydrogen) atoms. The Bertz CT molecular complexity index is 542. The average molecular weight is 304 g/mol. The Balaban J connectivity index is 2.17. The lowest BCUT2D eigenvalue weighted by Gasteiger charge is -2.14. The van der Waals surface area contributed by atoms with Gasteiger partial charge in [-0.15, -0.1) is 11.3 Å². The molecule has 0 radical (unpaired) electrons. The Morgan fingerprint density at radius 2 is 2.06 bits per heavy atom. The fraction of sp³-hybridized carbons (Fsp3) is 0.231. The largest absolute Gasteiger partial charge is 0.312 e. The number of rotatable bonds is 4. The van der Waals surface area contributed by atoms with E-state index in [2.05, 4.69) is 5.32 Å². The highest BCUT2D eigenvalue weighted by atomic mass is 35.5. The summed E-state index contributed by atoms with van der Waals surface area (Å²) in [5, 5.41) is 3.36. The molecule has 1 N–H and O–H groups in total. The minimum Gasteiger partial charge on any atom is -0.312 e. The molecule has 0 spiro atoms. The summed E-state index contributed by atoms with van der Waals surface area (Å²) in [6.07, 6.45) is 0.696. The predicted octanol–water partition coefficient (Wildman–Crippen LogP) is 4.70. The number of hydrogen-bond donors (Lipinski definition) is 1. The highest BCUT2D eigenvalue weighted by molar-refractivity contribution is 7.16. The number of benzene rings is 1. The van der Waals surface area contributed by atoms with Crippen molar-refractivity contribution in [2.75, 3.05) is 7.05 Å². The molecular weight excluding hydrogens is 292 g/mol. The molecule has 0 saturated carbocycles. The first kappa shape index (κ1) is 13.8. The van der Waals surface area contributed by atoms with Crippen LogP contribution in [-0.2, 0) is 6.42 Å². The Hall–Kier alpha value is -0.610. The third-order valence-electron chi connectivity index (χ3n) is 2.71. The molecule has 0 bridgehead atoms. The summed E-state index contributed by atoms with van der Waals surface area (Å²) >= 11 is 13.1. The van der Waals surface area contributed by atoms with E-state index in [0.717, 1.165) is 14.8 Å². The Morgan fingerprint density at radius 3 is 2.61 bits per heavy atom. The van der Waals surface area contributed by atoms with E-state index >= 15 is 0 Å². The van der Waals surface area contributed by atoms with E-state index in [0.29, 0.717) is 6.42 Å². The van der Waals surface area contributed by atoms with Crippen LogP contribution in [0.4, 0.5) is 4.39 Å². The van der Waals surface area contributed by atoms with Gasteiger partial charge < -0.3 is 5.32 Å². The lowest BCUT2D eigenvalue weighted by Crippen LogP contribution is -2.17. The van der Waals surface area contributed by atoms with Crippen molar-refractivity contribution in [2.24, 2.45) is 0 Å². The predicted molar refractivity (Wildman–Crippen MR) is 76.2 cm³/mol. The van der Waals surface area contributed by atoms with E-state index in [1.807, 2.05) is 25.2 Å². The molecule has 0 saturated heterocycles. The minimum atomic E-state index is -0.381. The fourth-order valence-electron chi connectivity index (χ4n) is 1.76. The lowest BCUT2D eigenvalue weighted by molar-refractivity contribution is 0.592. The second kappa shape index (κ2) is 6.02. The topological polar surface area (TPSA) is 12.0 Å². The third kappa shape index (κ3) is 3.23. The number of halogens is 3. The number of hydrogen-bond acceptors (Lipinski definition) is 2. The van der Waals surface area contributed by atoms with E-state index in [4.69, 9.17) is 23.2 Å². The van der Waals surface area contributed by atoms with E-state index in [-0.39, 0.29) is 16.9 Å². The molecule has 1 atom stereocenters. The molecule has 96 valence electrons. The summed E-state index contributed by atoms with van der Waals surface area (Å²) in [5.41, 5.74) is 0.903. The van der Waals surface area contributed by atoms with Crippen molar-refractivity contribution in [3.8, 4) is 0 Å². The highest BCUT2D eigenvalue weighted by Crippen LogP contribution is 2.29. The zero-order valence-corrected chi connectivity index (χ0v) is 12.0. The van der Waals surface area contributed by atoms with Crippen LogP contribution in [-0.4, -0.2) is 7.05 Å². The van der Waals surface area contributed by atoms with Gasteiger partial charge in [-0.2, -0.15) is 0 Å². The van der Waals surface area contributed by atoms with Crippen LogP contribution in [0.25, 0.3) is 0 Å². The Morgan fingerprint density at radius 1 is 1.28 bits per heavy atom. The number of thiophene rings is 1. The summed E-state index contributed by atoms with van der Waals surface area (Å²) in [4.78, 5) is 1.14. The maximum Gasteiger partial charge on any atom is 0.142 e. The van der Waals surface area contributed by atoms with Crippen LogP contribution in [0.3, 0.4) is 0 Å². The SMILES string of the molecule is CNC(Cc1ccc(Cl)c(F)c1)c1ccc(Cl)s1. The molecular formula is C13H12Cl2FNS. The van der Waals surface area contributed by atoms with Crippen LogP contribution in [0, 0.1) is 5.82 Å².